The van der Waals surface area contributed by atoms with Crippen molar-refractivity contribution in [2.24, 2.45) is 0 Å². The Morgan fingerprint density at radius 1 is 1.24 bits per heavy atom. The van der Waals surface area contributed by atoms with Gasteiger partial charge in [0, 0.05) is 25.2 Å². The molecule has 0 bridgehead atoms. The third-order valence-corrected chi connectivity index (χ3v) is 4.33. The van der Waals surface area contributed by atoms with Gasteiger partial charge in [0.1, 0.15) is 6.04 Å². The number of pyridine rings is 1. The van der Waals surface area contributed by atoms with Gasteiger partial charge < -0.3 is 15.5 Å². The summed E-state index contributed by atoms with van der Waals surface area (Å²) in [6.07, 6.45) is 0.491. The fraction of sp³-hybridized carbons (Fsp3) is 0.316. The van der Waals surface area contributed by atoms with E-state index in [-0.39, 0.29) is 11.9 Å². The number of rotatable bonds is 3. The van der Waals surface area contributed by atoms with E-state index >= 15 is 0 Å². The quantitative estimate of drug-likeness (QED) is 0.901. The minimum absolute atomic E-state index is 0.121. The number of piperazine rings is 1. The summed E-state index contributed by atoms with van der Waals surface area (Å²) in [5, 5.41) is 5.73. The average molecular weight is 338 g/mol. The SMILES string of the molecule is Cc1ccc(NC(=O)N2CCNC(=O)[C@@H]2Cc2ccccc2)c(C)n1. The molecule has 1 aromatic heterocycles. The molecule has 1 fully saturated rings. The van der Waals surface area contributed by atoms with Crippen LogP contribution in [-0.4, -0.2) is 41.0 Å². The first-order valence-corrected chi connectivity index (χ1v) is 8.38. The molecule has 0 unspecified atom stereocenters. The fourth-order valence-corrected chi connectivity index (χ4v) is 3.00. The van der Waals surface area contributed by atoms with Crippen molar-refractivity contribution in [1.29, 1.82) is 0 Å². The van der Waals surface area contributed by atoms with E-state index in [4.69, 9.17) is 0 Å². The number of aryl methyl sites for hydroxylation is 2. The van der Waals surface area contributed by atoms with Crippen LogP contribution >= 0.6 is 0 Å². The predicted octanol–water partition coefficient (Wildman–Crippen LogP) is 2.27. The minimum Gasteiger partial charge on any atom is -0.353 e. The summed E-state index contributed by atoms with van der Waals surface area (Å²) in [5.41, 5.74) is 3.35. The Balaban J connectivity index is 1.77. The highest BCUT2D eigenvalue weighted by Crippen LogP contribution is 2.17. The second kappa shape index (κ2) is 7.34. The Morgan fingerprint density at radius 3 is 2.72 bits per heavy atom. The van der Waals surface area contributed by atoms with Gasteiger partial charge in [-0.1, -0.05) is 30.3 Å². The van der Waals surface area contributed by atoms with Gasteiger partial charge in [0.05, 0.1) is 11.4 Å². The zero-order chi connectivity index (χ0) is 17.8. The topological polar surface area (TPSA) is 74.3 Å². The molecule has 0 saturated carbocycles. The number of carbonyl (C=O) groups is 2. The molecule has 3 rings (SSSR count). The Morgan fingerprint density at radius 2 is 2.00 bits per heavy atom. The van der Waals surface area contributed by atoms with Gasteiger partial charge in [-0.3, -0.25) is 9.78 Å². The molecular weight excluding hydrogens is 316 g/mol. The molecule has 1 aliphatic heterocycles. The fourth-order valence-electron chi connectivity index (χ4n) is 3.00. The number of hydrogen-bond donors (Lipinski definition) is 2. The van der Waals surface area contributed by atoms with Crippen LogP contribution in [0.4, 0.5) is 10.5 Å². The second-order valence-electron chi connectivity index (χ2n) is 6.21. The standard InChI is InChI=1S/C19H22N4O2/c1-13-8-9-16(14(2)21-13)22-19(25)23-11-10-20-18(24)17(23)12-15-6-4-3-5-7-15/h3-9,17H,10-12H2,1-2H3,(H,20,24)(H,22,25)/t17-/m0/s1. The number of carbonyl (C=O) groups excluding carboxylic acids is 2. The number of nitrogens with zero attached hydrogens (tertiary/aromatic N) is 2. The summed E-state index contributed by atoms with van der Waals surface area (Å²) >= 11 is 0. The van der Waals surface area contributed by atoms with E-state index in [9.17, 15) is 9.59 Å². The van der Waals surface area contributed by atoms with E-state index in [2.05, 4.69) is 15.6 Å². The number of hydrogen-bond acceptors (Lipinski definition) is 3. The predicted molar refractivity (Wildman–Crippen MR) is 96.4 cm³/mol. The lowest BCUT2D eigenvalue weighted by molar-refractivity contribution is -0.127. The molecule has 130 valence electrons. The van der Waals surface area contributed by atoms with Gasteiger partial charge in [0.2, 0.25) is 5.91 Å². The maximum atomic E-state index is 12.8. The highest BCUT2D eigenvalue weighted by molar-refractivity contribution is 5.95. The number of anilines is 1. The Bertz CT molecular complexity index is 776. The molecule has 0 radical (unpaired) electrons. The Hall–Kier alpha value is -2.89. The summed E-state index contributed by atoms with van der Waals surface area (Å²) in [6.45, 7) is 4.70. The van der Waals surface area contributed by atoms with Gasteiger partial charge in [-0.05, 0) is 31.5 Å². The molecule has 1 aromatic carbocycles. The van der Waals surface area contributed by atoms with Crippen molar-refractivity contribution in [3.05, 3.63) is 59.4 Å². The van der Waals surface area contributed by atoms with Crippen molar-refractivity contribution in [1.82, 2.24) is 15.2 Å². The summed E-state index contributed by atoms with van der Waals surface area (Å²) < 4.78 is 0. The van der Waals surface area contributed by atoms with Crippen LogP contribution in [0.3, 0.4) is 0 Å². The largest absolute Gasteiger partial charge is 0.353 e. The molecular formula is C19H22N4O2. The summed E-state index contributed by atoms with van der Waals surface area (Å²) in [6, 6.07) is 12.6. The number of urea groups is 1. The van der Waals surface area contributed by atoms with Gasteiger partial charge in [-0.2, -0.15) is 0 Å². The van der Waals surface area contributed by atoms with E-state index in [0.717, 1.165) is 17.0 Å². The molecule has 1 atom stereocenters. The highest BCUT2D eigenvalue weighted by Gasteiger charge is 2.33. The van der Waals surface area contributed by atoms with Crippen molar-refractivity contribution in [2.45, 2.75) is 26.3 Å². The van der Waals surface area contributed by atoms with Crippen molar-refractivity contribution >= 4 is 17.6 Å². The smallest absolute Gasteiger partial charge is 0.322 e. The molecule has 2 N–H and O–H groups in total. The molecule has 2 heterocycles. The van der Waals surface area contributed by atoms with Crippen LogP contribution < -0.4 is 10.6 Å². The zero-order valence-corrected chi connectivity index (χ0v) is 14.5. The maximum Gasteiger partial charge on any atom is 0.322 e. The third kappa shape index (κ3) is 3.96. The van der Waals surface area contributed by atoms with Crippen molar-refractivity contribution in [3.8, 4) is 0 Å². The summed E-state index contributed by atoms with van der Waals surface area (Å²) in [5.74, 6) is -0.121. The number of amides is 3. The monoisotopic (exact) mass is 338 g/mol. The number of aromatic nitrogens is 1. The Labute approximate surface area is 147 Å². The molecule has 3 amide bonds. The maximum absolute atomic E-state index is 12.8. The highest BCUT2D eigenvalue weighted by atomic mass is 16.2. The first-order valence-electron chi connectivity index (χ1n) is 8.38. The molecule has 25 heavy (non-hydrogen) atoms. The minimum atomic E-state index is -0.519. The van der Waals surface area contributed by atoms with Crippen LogP contribution in [0.15, 0.2) is 42.5 Å². The van der Waals surface area contributed by atoms with Crippen LogP contribution in [0.25, 0.3) is 0 Å². The van der Waals surface area contributed by atoms with Crippen LogP contribution in [0.1, 0.15) is 17.0 Å². The van der Waals surface area contributed by atoms with Crippen molar-refractivity contribution < 1.29 is 9.59 Å². The normalized spacial score (nSPS) is 17.1. The van der Waals surface area contributed by atoms with E-state index in [1.807, 2.05) is 56.3 Å². The first kappa shape index (κ1) is 17.0. The molecule has 2 aromatic rings. The molecule has 0 aliphatic carbocycles. The van der Waals surface area contributed by atoms with Crippen LogP contribution in [-0.2, 0) is 11.2 Å². The molecule has 0 spiro atoms. The summed E-state index contributed by atoms with van der Waals surface area (Å²) in [4.78, 5) is 31.1. The molecule has 6 heteroatoms. The lowest BCUT2D eigenvalue weighted by Gasteiger charge is -2.35. The first-order chi connectivity index (χ1) is 12.0. The molecule has 6 nitrogen and oxygen atoms in total. The molecule has 1 saturated heterocycles. The lowest BCUT2D eigenvalue weighted by Crippen LogP contribution is -2.59. The van der Waals surface area contributed by atoms with Crippen LogP contribution in [0.2, 0.25) is 0 Å². The van der Waals surface area contributed by atoms with Crippen LogP contribution in [0, 0.1) is 13.8 Å². The van der Waals surface area contributed by atoms with Gasteiger partial charge >= 0.3 is 6.03 Å². The lowest BCUT2D eigenvalue weighted by atomic mass is 10.0. The van der Waals surface area contributed by atoms with E-state index in [0.29, 0.717) is 25.2 Å². The van der Waals surface area contributed by atoms with Crippen LogP contribution in [0.5, 0.6) is 0 Å². The molecule has 1 aliphatic rings. The summed E-state index contributed by atoms with van der Waals surface area (Å²) in [7, 11) is 0. The van der Waals surface area contributed by atoms with Crippen molar-refractivity contribution in [2.75, 3.05) is 18.4 Å². The average Bonchev–Trinajstić information content (AvgIpc) is 2.60. The van der Waals surface area contributed by atoms with Crippen molar-refractivity contribution in [3.63, 3.8) is 0 Å². The Kier molecular flexibility index (Phi) is 4.97. The van der Waals surface area contributed by atoms with E-state index in [1.54, 1.807) is 4.90 Å². The van der Waals surface area contributed by atoms with Gasteiger partial charge in [-0.15, -0.1) is 0 Å². The third-order valence-electron chi connectivity index (χ3n) is 4.33. The second-order valence-corrected chi connectivity index (χ2v) is 6.21. The number of benzene rings is 1. The number of nitrogens with one attached hydrogen (secondary N) is 2. The van der Waals surface area contributed by atoms with Gasteiger partial charge in [-0.25, -0.2) is 4.79 Å². The van der Waals surface area contributed by atoms with Gasteiger partial charge in [0.25, 0.3) is 0 Å². The zero-order valence-electron chi connectivity index (χ0n) is 14.5. The van der Waals surface area contributed by atoms with E-state index in [1.165, 1.54) is 0 Å². The van der Waals surface area contributed by atoms with E-state index < -0.39 is 6.04 Å². The van der Waals surface area contributed by atoms with Gasteiger partial charge in [0.15, 0.2) is 0 Å².